The van der Waals surface area contributed by atoms with Gasteiger partial charge in [0.1, 0.15) is 5.82 Å². The fraction of sp³-hybridized carbons (Fsp3) is 0.455. The summed E-state index contributed by atoms with van der Waals surface area (Å²) in [5.41, 5.74) is 1.29. The Bertz CT molecular complexity index is 368. The third-order valence-corrected chi connectivity index (χ3v) is 3.00. The molecular weight excluding hydrogens is 254 g/mol. The van der Waals surface area contributed by atoms with Gasteiger partial charge in [-0.2, -0.15) is 5.10 Å². The van der Waals surface area contributed by atoms with Crippen molar-refractivity contribution in [2.45, 2.75) is 25.7 Å². The molecule has 0 spiro atoms. The van der Waals surface area contributed by atoms with E-state index in [-0.39, 0.29) is 0 Å². The van der Waals surface area contributed by atoms with E-state index < -0.39 is 0 Å². The maximum absolute atomic E-state index is 4.55. The van der Waals surface area contributed by atoms with Gasteiger partial charge in [-0.3, -0.25) is 5.01 Å². The maximum Gasteiger partial charge on any atom is 0.149 e. The van der Waals surface area contributed by atoms with Gasteiger partial charge in [0, 0.05) is 23.4 Å². The first kappa shape index (κ1) is 10.6. The van der Waals surface area contributed by atoms with Gasteiger partial charge in [0.15, 0.2) is 0 Å². The quantitative estimate of drug-likeness (QED) is 0.770. The van der Waals surface area contributed by atoms with E-state index in [0.29, 0.717) is 0 Å². The number of rotatable bonds is 2. The lowest BCUT2D eigenvalue weighted by molar-refractivity contribution is 0.886. The van der Waals surface area contributed by atoms with Gasteiger partial charge in [0.2, 0.25) is 0 Å². The normalized spacial score (nSPS) is 15.5. The van der Waals surface area contributed by atoms with Crippen molar-refractivity contribution in [2.24, 2.45) is 5.10 Å². The molecule has 1 fully saturated rings. The Balaban J connectivity index is 2.13. The van der Waals surface area contributed by atoms with E-state index >= 15 is 0 Å². The molecule has 1 aliphatic rings. The Hall–Kier alpha value is -0.900. The molecule has 0 radical (unpaired) electrons. The van der Waals surface area contributed by atoms with Crippen molar-refractivity contribution in [1.82, 2.24) is 4.98 Å². The summed E-state index contributed by atoms with van der Waals surface area (Å²) >= 11 is 3.43. The molecule has 1 aromatic heterocycles. The third-order valence-electron chi connectivity index (χ3n) is 2.51. The van der Waals surface area contributed by atoms with E-state index in [2.05, 4.69) is 26.0 Å². The highest BCUT2D eigenvalue weighted by Gasteiger charge is 2.10. The molecule has 2 rings (SSSR count). The Labute approximate surface area is 98.3 Å². The Kier molecular flexibility index (Phi) is 3.36. The van der Waals surface area contributed by atoms with Crippen LogP contribution in [0, 0.1) is 0 Å². The minimum Gasteiger partial charge on any atom is -0.251 e. The van der Waals surface area contributed by atoms with Gasteiger partial charge in [0.05, 0.1) is 0 Å². The second-order valence-corrected chi connectivity index (χ2v) is 4.64. The molecule has 15 heavy (non-hydrogen) atoms. The van der Waals surface area contributed by atoms with Crippen molar-refractivity contribution in [1.29, 1.82) is 0 Å². The number of nitrogens with zero attached hydrogens (tertiary/aromatic N) is 3. The second kappa shape index (κ2) is 4.75. The maximum atomic E-state index is 4.55. The SMILES string of the molecule is CN(N=C1CCCC1)c1cc(Br)ccn1. The number of hydrazone groups is 1. The molecule has 0 amide bonds. The lowest BCUT2D eigenvalue weighted by atomic mass is 10.3. The zero-order valence-corrected chi connectivity index (χ0v) is 10.4. The summed E-state index contributed by atoms with van der Waals surface area (Å²) in [6, 6.07) is 3.89. The number of hydrogen-bond donors (Lipinski definition) is 0. The predicted octanol–water partition coefficient (Wildman–Crippen LogP) is 3.21. The van der Waals surface area contributed by atoms with Crippen LogP contribution in [0.2, 0.25) is 0 Å². The standard InChI is InChI=1S/C11H14BrN3/c1-15(14-10-4-2-3-5-10)11-8-9(12)6-7-13-11/h6-8H,2-5H2,1H3. The average Bonchev–Trinajstić information content (AvgIpc) is 2.70. The molecule has 1 heterocycles. The first-order chi connectivity index (χ1) is 7.25. The summed E-state index contributed by atoms with van der Waals surface area (Å²) < 4.78 is 1.03. The van der Waals surface area contributed by atoms with E-state index in [1.165, 1.54) is 18.6 Å². The van der Waals surface area contributed by atoms with Crippen molar-refractivity contribution >= 4 is 27.5 Å². The molecular formula is C11H14BrN3. The molecule has 80 valence electrons. The van der Waals surface area contributed by atoms with Gasteiger partial charge in [-0.1, -0.05) is 15.9 Å². The van der Waals surface area contributed by atoms with E-state index in [1.54, 1.807) is 6.20 Å². The van der Waals surface area contributed by atoms with Gasteiger partial charge < -0.3 is 0 Å². The molecule has 0 aliphatic heterocycles. The predicted molar refractivity (Wildman–Crippen MR) is 66.2 cm³/mol. The van der Waals surface area contributed by atoms with Gasteiger partial charge in [-0.05, 0) is 37.8 Å². The van der Waals surface area contributed by atoms with Crippen LogP contribution in [0.3, 0.4) is 0 Å². The van der Waals surface area contributed by atoms with Gasteiger partial charge in [0.25, 0.3) is 0 Å². The number of halogens is 1. The molecule has 1 aliphatic carbocycles. The van der Waals surface area contributed by atoms with E-state index in [4.69, 9.17) is 0 Å². The van der Waals surface area contributed by atoms with Crippen LogP contribution in [-0.4, -0.2) is 17.7 Å². The van der Waals surface area contributed by atoms with Crippen LogP contribution >= 0.6 is 15.9 Å². The van der Waals surface area contributed by atoms with E-state index in [1.807, 2.05) is 24.2 Å². The topological polar surface area (TPSA) is 28.5 Å². The number of hydrogen-bond acceptors (Lipinski definition) is 3. The molecule has 0 saturated heterocycles. The van der Waals surface area contributed by atoms with Gasteiger partial charge >= 0.3 is 0 Å². The molecule has 0 aromatic carbocycles. The molecule has 1 saturated carbocycles. The Morgan fingerprint density at radius 2 is 2.13 bits per heavy atom. The summed E-state index contributed by atoms with van der Waals surface area (Å²) in [5.74, 6) is 0.878. The monoisotopic (exact) mass is 267 g/mol. The first-order valence-electron chi connectivity index (χ1n) is 5.17. The number of aromatic nitrogens is 1. The number of pyridine rings is 1. The zero-order valence-electron chi connectivity index (χ0n) is 8.78. The largest absolute Gasteiger partial charge is 0.251 e. The molecule has 0 N–H and O–H groups in total. The highest BCUT2D eigenvalue weighted by molar-refractivity contribution is 9.10. The van der Waals surface area contributed by atoms with Crippen molar-refractivity contribution in [3.05, 3.63) is 22.8 Å². The van der Waals surface area contributed by atoms with Crippen LogP contribution in [0.5, 0.6) is 0 Å². The fourth-order valence-corrected chi connectivity index (χ4v) is 2.04. The Morgan fingerprint density at radius 1 is 1.40 bits per heavy atom. The van der Waals surface area contributed by atoms with Crippen molar-refractivity contribution in [3.8, 4) is 0 Å². The van der Waals surface area contributed by atoms with Crippen LogP contribution in [-0.2, 0) is 0 Å². The smallest absolute Gasteiger partial charge is 0.149 e. The van der Waals surface area contributed by atoms with Crippen molar-refractivity contribution < 1.29 is 0 Å². The molecule has 0 unspecified atom stereocenters. The minimum absolute atomic E-state index is 0.878. The lowest BCUT2D eigenvalue weighted by Gasteiger charge is -2.13. The highest BCUT2D eigenvalue weighted by atomic mass is 79.9. The van der Waals surface area contributed by atoms with E-state index in [9.17, 15) is 0 Å². The Morgan fingerprint density at radius 3 is 2.80 bits per heavy atom. The summed E-state index contributed by atoms with van der Waals surface area (Å²) in [4.78, 5) is 4.27. The van der Waals surface area contributed by atoms with Crippen LogP contribution in [0.1, 0.15) is 25.7 Å². The van der Waals surface area contributed by atoms with Crippen LogP contribution in [0.4, 0.5) is 5.82 Å². The van der Waals surface area contributed by atoms with Gasteiger partial charge in [-0.15, -0.1) is 0 Å². The van der Waals surface area contributed by atoms with Gasteiger partial charge in [-0.25, -0.2) is 4.98 Å². The molecule has 4 heteroatoms. The van der Waals surface area contributed by atoms with Crippen molar-refractivity contribution in [2.75, 3.05) is 12.1 Å². The lowest BCUT2D eigenvalue weighted by Crippen LogP contribution is -2.12. The van der Waals surface area contributed by atoms with Crippen LogP contribution in [0.15, 0.2) is 27.9 Å². The second-order valence-electron chi connectivity index (χ2n) is 3.73. The molecule has 0 atom stereocenters. The number of anilines is 1. The highest BCUT2D eigenvalue weighted by Crippen LogP contribution is 2.19. The summed E-state index contributed by atoms with van der Waals surface area (Å²) in [5, 5.41) is 6.41. The molecule has 1 aromatic rings. The minimum atomic E-state index is 0.878. The fourth-order valence-electron chi connectivity index (χ4n) is 1.72. The van der Waals surface area contributed by atoms with Crippen LogP contribution in [0.25, 0.3) is 0 Å². The summed E-state index contributed by atoms with van der Waals surface area (Å²) in [7, 11) is 1.94. The zero-order chi connectivity index (χ0) is 10.7. The van der Waals surface area contributed by atoms with E-state index in [0.717, 1.165) is 23.1 Å². The average molecular weight is 268 g/mol. The summed E-state index contributed by atoms with van der Waals surface area (Å²) in [6.07, 6.45) is 6.61. The van der Waals surface area contributed by atoms with Crippen LogP contribution < -0.4 is 5.01 Å². The third kappa shape index (κ3) is 2.78. The molecule has 3 nitrogen and oxygen atoms in total. The first-order valence-corrected chi connectivity index (χ1v) is 5.96. The summed E-state index contributed by atoms with van der Waals surface area (Å²) in [6.45, 7) is 0. The van der Waals surface area contributed by atoms with Crippen molar-refractivity contribution in [3.63, 3.8) is 0 Å². The molecule has 0 bridgehead atoms.